The Hall–Kier alpha value is -3.54. The molecular weight excluding hydrogens is 416 g/mol. The van der Waals surface area contributed by atoms with Crippen molar-refractivity contribution in [2.75, 3.05) is 26.6 Å². The highest BCUT2D eigenvalue weighted by molar-refractivity contribution is 6.12. The zero-order valence-corrected chi connectivity index (χ0v) is 19.6. The van der Waals surface area contributed by atoms with Crippen LogP contribution in [-0.4, -0.2) is 32.1 Å². The first kappa shape index (κ1) is 21.3. The molecule has 0 radical (unpaired) electrons. The summed E-state index contributed by atoms with van der Waals surface area (Å²) < 4.78 is 16.7. The van der Waals surface area contributed by atoms with Gasteiger partial charge in [-0.15, -0.1) is 0 Å². The molecule has 0 saturated heterocycles. The summed E-state index contributed by atoms with van der Waals surface area (Å²) >= 11 is 0. The Morgan fingerprint density at radius 1 is 1.00 bits per heavy atom. The van der Waals surface area contributed by atoms with Crippen LogP contribution in [0.1, 0.15) is 43.9 Å². The fourth-order valence-electron chi connectivity index (χ4n) is 5.24. The van der Waals surface area contributed by atoms with Crippen LogP contribution in [0.5, 0.6) is 17.2 Å². The number of aromatic nitrogens is 1. The van der Waals surface area contributed by atoms with Crippen LogP contribution in [0.15, 0.2) is 48.2 Å². The van der Waals surface area contributed by atoms with Crippen molar-refractivity contribution in [3.8, 4) is 17.2 Å². The first-order chi connectivity index (χ1) is 15.9. The number of carbonyl (C=O) groups is 1. The number of Topliss-reactive ketones (excluding diaryl/α,β-unsaturated/α-hetero) is 1. The second kappa shape index (κ2) is 7.80. The number of rotatable bonds is 4. The number of carbonyl (C=O) groups excluding carboxylic acids is 1. The minimum atomic E-state index is -0.320. The number of methoxy groups -OCH3 is 3. The van der Waals surface area contributed by atoms with Crippen LogP contribution in [0.2, 0.25) is 0 Å². The van der Waals surface area contributed by atoms with Gasteiger partial charge in [0.05, 0.1) is 32.9 Å². The number of hydrogen-bond donors (Lipinski definition) is 1. The van der Waals surface area contributed by atoms with E-state index in [1.54, 1.807) is 27.5 Å². The van der Waals surface area contributed by atoms with Crippen LogP contribution >= 0.6 is 0 Å². The van der Waals surface area contributed by atoms with Gasteiger partial charge in [-0.05, 0) is 53.3 Å². The zero-order valence-electron chi connectivity index (χ0n) is 19.6. The maximum absolute atomic E-state index is 13.6. The summed E-state index contributed by atoms with van der Waals surface area (Å²) in [4.78, 5) is 18.1. The molecule has 5 rings (SSSR count). The lowest BCUT2D eigenvalue weighted by Crippen LogP contribution is -2.33. The smallest absolute Gasteiger partial charge is 0.203 e. The SMILES string of the molecule is COc1cc([C@@H]2Nc3ccc4ncccc4c3C3=C2C(=O)CC(C)(C)C3)cc(OC)c1OC. The van der Waals surface area contributed by atoms with Gasteiger partial charge in [0.25, 0.3) is 0 Å². The summed E-state index contributed by atoms with van der Waals surface area (Å²) in [6.07, 6.45) is 3.12. The Morgan fingerprint density at radius 2 is 1.73 bits per heavy atom. The molecule has 0 fully saturated rings. The molecule has 170 valence electrons. The summed E-state index contributed by atoms with van der Waals surface area (Å²) in [5.74, 6) is 1.82. The predicted molar refractivity (Wildman–Crippen MR) is 129 cm³/mol. The summed E-state index contributed by atoms with van der Waals surface area (Å²) in [5.41, 5.74) is 5.69. The van der Waals surface area contributed by atoms with Crippen molar-refractivity contribution in [2.24, 2.45) is 5.41 Å². The molecule has 6 heteroatoms. The number of ketones is 1. The van der Waals surface area contributed by atoms with Crippen molar-refractivity contribution in [3.05, 3.63) is 59.3 Å². The van der Waals surface area contributed by atoms with Gasteiger partial charge in [0.1, 0.15) is 0 Å². The number of ether oxygens (including phenoxy) is 3. The average Bonchev–Trinajstić information content (AvgIpc) is 2.81. The standard InChI is InChI=1S/C27H28N2O4/c1-27(2)13-17-23-16-7-6-10-28-18(16)8-9-19(23)29-25(24(17)20(30)14-27)15-11-21(31-3)26(33-5)22(12-15)32-4/h6-12,25,29H,13-14H2,1-5H3/t25-/m0/s1. The number of nitrogens with one attached hydrogen (secondary N) is 1. The summed E-state index contributed by atoms with van der Waals surface area (Å²) in [6.45, 7) is 4.32. The van der Waals surface area contributed by atoms with E-state index in [9.17, 15) is 4.79 Å². The third-order valence-electron chi connectivity index (χ3n) is 6.62. The number of benzene rings is 2. The number of anilines is 1. The second-order valence-electron chi connectivity index (χ2n) is 9.43. The monoisotopic (exact) mass is 444 g/mol. The molecule has 2 heterocycles. The molecule has 1 N–H and O–H groups in total. The Kier molecular flexibility index (Phi) is 5.04. The molecule has 0 amide bonds. The van der Waals surface area contributed by atoms with Crippen LogP contribution in [0.25, 0.3) is 16.5 Å². The Bertz CT molecular complexity index is 1280. The third-order valence-corrected chi connectivity index (χ3v) is 6.62. The number of pyridine rings is 1. The van der Waals surface area contributed by atoms with Gasteiger partial charge in [-0.3, -0.25) is 9.78 Å². The molecule has 0 spiro atoms. The summed E-state index contributed by atoms with van der Waals surface area (Å²) in [5, 5.41) is 4.70. The summed E-state index contributed by atoms with van der Waals surface area (Å²) in [6, 6.07) is 11.6. The van der Waals surface area contributed by atoms with Gasteiger partial charge in [0.2, 0.25) is 5.75 Å². The predicted octanol–water partition coefficient (Wildman–Crippen LogP) is 5.57. The van der Waals surface area contributed by atoms with Gasteiger partial charge < -0.3 is 19.5 Å². The van der Waals surface area contributed by atoms with Crippen molar-refractivity contribution in [3.63, 3.8) is 0 Å². The van der Waals surface area contributed by atoms with Crippen molar-refractivity contribution in [1.29, 1.82) is 0 Å². The van der Waals surface area contributed by atoms with Gasteiger partial charge in [-0.2, -0.15) is 0 Å². The van der Waals surface area contributed by atoms with Crippen molar-refractivity contribution in [1.82, 2.24) is 4.98 Å². The second-order valence-corrected chi connectivity index (χ2v) is 9.43. The molecule has 2 aliphatic rings. The lowest BCUT2D eigenvalue weighted by atomic mass is 9.68. The molecule has 33 heavy (non-hydrogen) atoms. The Balaban J connectivity index is 1.78. The van der Waals surface area contributed by atoms with Gasteiger partial charge in [-0.25, -0.2) is 0 Å². The van der Waals surface area contributed by atoms with Gasteiger partial charge in [-0.1, -0.05) is 19.9 Å². The van der Waals surface area contributed by atoms with Crippen LogP contribution in [0, 0.1) is 5.41 Å². The van der Waals surface area contributed by atoms with E-state index in [1.165, 1.54) is 0 Å². The molecule has 0 bridgehead atoms. The van der Waals surface area contributed by atoms with Crippen molar-refractivity contribution in [2.45, 2.75) is 32.7 Å². The van der Waals surface area contributed by atoms with Crippen LogP contribution in [0.4, 0.5) is 5.69 Å². The first-order valence-electron chi connectivity index (χ1n) is 11.1. The normalized spacial score (nSPS) is 18.9. The van der Waals surface area contributed by atoms with E-state index in [0.717, 1.165) is 45.3 Å². The maximum Gasteiger partial charge on any atom is 0.203 e. The molecule has 6 nitrogen and oxygen atoms in total. The molecule has 2 aromatic carbocycles. The van der Waals surface area contributed by atoms with E-state index in [0.29, 0.717) is 23.7 Å². The molecule has 1 aliphatic carbocycles. The fourth-order valence-corrected chi connectivity index (χ4v) is 5.24. The summed E-state index contributed by atoms with van der Waals surface area (Å²) in [7, 11) is 4.78. The van der Waals surface area contributed by atoms with E-state index >= 15 is 0 Å². The largest absolute Gasteiger partial charge is 0.493 e. The minimum Gasteiger partial charge on any atom is -0.493 e. The average molecular weight is 445 g/mol. The highest BCUT2D eigenvalue weighted by Crippen LogP contribution is 2.53. The lowest BCUT2D eigenvalue weighted by Gasteiger charge is -2.40. The fraction of sp³-hybridized carbons (Fsp3) is 0.333. The van der Waals surface area contributed by atoms with E-state index < -0.39 is 0 Å². The Morgan fingerprint density at radius 3 is 2.39 bits per heavy atom. The molecule has 1 atom stereocenters. The van der Waals surface area contributed by atoms with Crippen molar-refractivity contribution < 1.29 is 19.0 Å². The quantitative estimate of drug-likeness (QED) is 0.567. The van der Waals surface area contributed by atoms with E-state index in [4.69, 9.17) is 14.2 Å². The molecule has 1 aromatic heterocycles. The van der Waals surface area contributed by atoms with E-state index in [-0.39, 0.29) is 17.2 Å². The topological polar surface area (TPSA) is 69.7 Å². The van der Waals surface area contributed by atoms with Crippen LogP contribution in [-0.2, 0) is 4.79 Å². The maximum atomic E-state index is 13.6. The number of nitrogens with zero attached hydrogens (tertiary/aromatic N) is 1. The zero-order chi connectivity index (χ0) is 23.3. The number of allylic oxidation sites excluding steroid dienone is 1. The molecule has 0 saturated carbocycles. The third kappa shape index (κ3) is 3.41. The molecule has 3 aromatic rings. The molecular formula is C27H28N2O4. The van der Waals surface area contributed by atoms with Crippen LogP contribution in [0.3, 0.4) is 0 Å². The molecule has 1 aliphatic heterocycles. The van der Waals surface area contributed by atoms with E-state index in [1.807, 2.05) is 24.3 Å². The Labute approximate surface area is 193 Å². The molecule has 0 unspecified atom stereocenters. The van der Waals surface area contributed by atoms with Gasteiger partial charge >= 0.3 is 0 Å². The van der Waals surface area contributed by atoms with Crippen LogP contribution < -0.4 is 19.5 Å². The number of hydrogen-bond acceptors (Lipinski definition) is 6. The van der Waals surface area contributed by atoms with Crippen molar-refractivity contribution >= 4 is 27.9 Å². The first-order valence-corrected chi connectivity index (χ1v) is 11.1. The highest BCUT2D eigenvalue weighted by Gasteiger charge is 2.41. The minimum absolute atomic E-state index is 0.116. The highest BCUT2D eigenvalue weighted by atomic mass is 16.5. The number of fused-ring (bicyclic) bond motifs is 4. The van der Waals surface area contributed by atoms with Gasteiger partial charge in [0.15, 0.2) is 17.3 Å². The van der Waals surface area contributed by atoms with E-state index in [2.05, 4.69) is 36.3 Å². The van der Waals surface area contributed by atoms with Gasteiger partial charge in [0, 0.05) is 34.8 Å². The lowest BCUT2D eigenvalue weighted by molar-refractivity contribution is -0.118.